The first-order valence-corrected chi connectivity index (χ1v) is 7.46. The maximum Gasteiger partial charge on any atom is 0.143 e. The second-order valence-electron chi connectivity index (χ2n) is 6.36. The van der Waals surface area contributed by atoms with Crippen LogP contribution in [0.25, 0.3) is 0 Å². The second kappa shape index (κ2) is 6.37. The molecule has 0 bridgehead atoms. The van der Waals surface area contributed by atoms with Gasteiger partial charge >= 0.3 is 0 Å². The van der Waals surface area contributed by atoms with Crippen molar-refractivity contribution in [1.29, 1.82) is 0 Å². The minimum atomic E-state index is -0.672. The first-order valence-electron chi connectivity index (χ1n) is 7.46. The highest BCUT2D eigenvalue weighted by Gasteiger charge is 2.50. The third-order valence-electron chi connectivity index (χ3n) is 4.52. The van der Waals surface area contributed by atoms with Crippen LogP contribution >= 0.6 is 0 Å². The van der Waals surface area contributed by atoms with Crippen molar-refractivity contribution in [2.24, 2.45) is 11.8 Å². The number of Topliss-reactive ketones (excluding diaryl/α,β-unsaturated/α-hetero) is 1. The molecule has 6 atom stereocenters. The summed E-state index contributed by atoms with van der Waals surface area (Å²) >= 11 is 0. The molecule has 0 radical (unpaired) electrons. The molecule has 1 heterocycles. The summed E-state index contributed by atoms with van der Waals surface area (Å²) in [5.74, 6) is -0.275. The highest BCUT2D eigenvalue weighted by molar-refractivity contribution is 5.83. The largest absolute Gasteiger partial charge is 0.392 e. The molecule has 1 N–H and O–H groups in total. The van der Waals surface area contributed by atoms with Gasteiger partial charge in [0.15, 0.2) is 0 Å². The lowest BCUT2D eigenvalue weighted by Crippen LogP contribution is -2.56. The van der Waals surface area contributed by atoms with Gasteiger partial charge in [0.25, 0.3) is 0 Å². The van der Waals surface area contributed by atoms with Gasteiger partial charge in [-0.15, -0.1) is 0 Å². The number of allylic oxidation sites excluding steroid dienone is 2. The average molecular weight is 282 g/mol. The summed E-state index contributed by atoms with van der Waals surface area (Å²) in [4.78, 5) is 12.2. The van der Waals surface area contributed by atoms with E-state index in [0.29, 0.717) is 12.8 Å². The first-order chi connectivity index (χ1) is 9.43. The van der Waals surface area contributed by atoms with Crippen molar-refractivity contribution in [2.75, 3.05) is 7.11 Å². The van der Waals surface area contributed by atoms with Crippen LogP contribution in [0.2, 0.25) is 0 Å². The van der Waals surface area contributed by atoms with E-state index in [1.54, 1.807) is 7.11 Å². The van der Waals surface area contributed by atoms with Crippen LogP contribution in [-0.4, -0.2) is 42.4 Å². The van der Waals surface area contributed by atoms with E-state index >= 15 is 0 Å². The molecule has 0 aromatic rings. The van der Waals surface area contributed by atoms with E-state index in [1.807, 2.05) is 20.8 Å². The van der Waals surface area contributed by atoms with Crippen molar-refractivity contribution in [1.82, 2.24) is 0 Å². The zero-order valence-electron chi connectivity index (χ0n) is 12.8. The van der Waals surface area contributed by atoms with Crippen molar-refractivity contribution >= 4 is 5.78 Å². The van der Waals surface area contributed by atoms with Gasteiger partial charge in [-0.2, -0.15) is 0 Å². The Bertz CT molecular complexity index is 386. The van der Waals surface area contributed by atoms with Gasteiger partial charge in [-0.05, 0) is 27.2 Å². The number of hydrogen-bond donors (Lipinski definition) is 1. The normalized spacial score (nSPS) is 41.1. The highest BCUT2D eigenvalue weighted by Crippen LogP contribution is 2.39. The minimum absolute atomic E-state index is 0.0305. The molecule has 1 aliphatic heterocycles. The number of ether oxygens (including phenoxy) is 2. The lowest BCUT2D eigenvalue weighted by atomic mass is 9.70. The SMILES string of the molecule is COC1CC2OC(C)CC(=O)C2C(O)C1CC=C(C)C. The molecule has 20 heavy (non-hydrogen) atoms. The molecule has 2 aliphatic rings. The second-order valence-corrected chi connectivity index (χ2v) is 6.36. The number of fused-ring (bicyclic) bond motifs is 1. The fraction of sp³-hybridized carbons (Fsp3) is 0.812. The zero-order chi connectivity index (χ0) is 14.9. The van der Waals surface area contributed by atoms with E-state index in [9.17, 15) is 9.90 Å². The number of carbonyl (C=O) groups excluding carboxylic acids is 1. The number of hydrogen-bond acceptors (Lipinski definition) is 4. The molecule has 1 saturated heterocycles. The van der Waals surface area contributed by atoms with Crippen LogP contribution in [-0.2, 0) is 14.3 Å². The molecule has 1 saturated carbocycles. The van der Waals surface area contributed by atoms with Gasteiger partial charge in [0.2, 0.25) is 0 Å². The maximum absolute atomic E-state index is 12.2. The van der Waals surface area contributed by atoms with Crippen molar-refractivity contribution in [2.45, 2.75) is 64.4 Å². The van der Waals surface area contributed by atoms with Crippen LogP contribution in [0.1, 0.15) is 40.0 Å². The van der Waals surface area contributed by atoms with Gasteiger partial charge in [-0.3, -0.25) is 4.79 Å². The van der Waals surface area contributed by atoms with Crippen LogP contribution in [0.5, 0.6) is 0 Å². The third kappa shape index (κ3) is 3.13. The Balaban J connectivity index is 2.18. The monoisotopic (exact) mass is 282 g/mol. The van der Waals surface area contributed by atoms with E-state index in [-0.39, 0.29) is 35.9 Å². The highest BCUT2D eigenvalue weighted by atomic mass is 16.5. The molecule has 2 rings (SSSR count). The number of ketones is 1. The number of methoxy groups -OCH3 is 1. The van der Waals surface area contributed by atoms with Crippen molar-refractivity contribution < 1.29 is 19.4 Å². The molecule has 2 fully saturated rings. The lowest BCUT2D eigenvalue weighted by Gasteiger charge is -2.46. The molecule has 0 aromatic heterocycles. The summed E-state index contributed by atoms with van der Waals surface area (Å²) in [6.07, 6.45) is 2.97. The van der Waals surface area contributed by atoms with Crippen LogP contribution in [0.15, 0.2) is 11.6 Å². The van der Waals surface area contributed by atoms with E-state index in [1.165, 1.54) is 5.57 Å². The predicted molar refractivity (Wildman–Crippen MR) is 76.4 cm³/mol. The smallest absolute Gasteiger partial charge is 0.143 e. The Labute approximate surface area is 121 Å². The average Bonchev–Trinajstić information content (AvgIpc) is 2.35. The van der Waals surface area contributed by atoms with Gasteiger partial charge in [0.05, 0.1) is 30.3 Å². The van der Waals surface area contributed by atoms with E-state index in [4.69, 9.17) is 9.47 Å². The molecule has 0 spiro atoms. The topological polar surface area (TPSA) is 55.8 Å². The summed E-state index contributed by atoms with van der Waals surface area (Å²) < 4.78 is 11.4. The predicted octanol–water partition coefficient (Wildman–Crippen LogP) is 2.10. The number of carbonyl (C=O) groups is 1. The standard InChI is InChI=1S/C16H26O4/c1-9(2)5-6-11-13(19-4)8-14-15(16(11)18)12(17)7-10(3)20-14/h5,10-11,13-16,18H,6-8H2,1-4H3. The fourth-order valence-electron chi connectivity index (χ4n) is 3.49. The number of rotatable bonds is 3. The van der Waals surface area contributed by atoms with Crippen LogP contribution in [0.4, 0.5) is 0 Å². The number of aliphatic hydroxyl groups is 1. The minimum Gasteiger partial charge on any atom is -0.392 e. The zero-order valence-corrected chi connectivity index (χ0v) is 12.8. The lowest BCUT2D eigenvalue weighted by molar-refractivity contribution is -0.185. The molecule has 1 aliphatic carbocycles. The Morgan fingerprint density at radius 2 is 2.20 bits per heavy atom. The van der Waals surface area contributed by atoms with Gasteiger partial charge in [0.1, 0.15) is 5.78 Å². The molecule has 4 nitrogen and oxygen atoms in total. The quantitative estimate of drug-likeness (QED) is 0.805. The van der Waals surface area contributed by atoms with Gasteiger partial charge in [-0.1, -0.05) is 11.6 Å². The Morgan fingerprint density at radius 1 is 1.50 bits per heavy atom. The summed E-state index contributed by atoms with van der Waals surface area (Å²) in [6.45, 7) is 5.99. The van der Waals surface area contributed by atoms with Crippen molar-refractivity contribution in [3.05, 3.63) is 11.6 Å². The Kier molecular flexibility index (Phi) is 4.99. The molecule has 0 aromatic carbocycles. The summed E-state index contributed by atoms with van der Waals surface area (Å²) in [5, 5.41) is 10.6. The molecule has 4 heteroatoms. The van der Waals surface area contributed by atoms with Crippen molar-refractivity contribution in [3.8, 4) is 0 Å². The Hall–Kier alpha value is -0.710. The third-order valence-corrected chi connectivity index (χ3v) is 4.52. The molecular formula is C16H26O4. The Morgan fingerprint density at radius 3 is 2.80 bits per heavy atom. The van der Waals surface area contributed by atoms with Gasteiger partial charge in [0, 0.05) is 25.9 Å². The van der Waals surface area contributed by atoms with Gasteiger partial charge in [-0.25, -0.2) is 0 Å². The maximum atomic E-state index is 12.2. The number of aliphatic hydroxyl groups excluding tert-OH is 1. The molecule has 6 unspecified atom stereocenters. The van der Waals surface area contributed by atoms with Crippen LogP contribution in [0, 0.1) is 11.8 Å². The van der Waals surface area contributed by atoms with Crippen LogP contribution < -0.4 is 0 Å². The van der Waals surface area contributed by atoms with Crippen LogP contribution in [0.3, 0.4) is 0 Å². The molecule has 114 valence electrons. The van der Waals surface area contributed by atoms with E-state index in [2.05, 4.69) is 6.08 Å². The summed E-state index contributed by atoms with van der Waals surface area (Å²) in [5.41, 5.74) is 1.22. The fourth-order valence-corrected chi connectivity index (χ4v) is 3.49. The van der Waals surface area contributed by atoms with Crippen molar-refractivity contribution in [3.63, 3.8) is 0 Å². The first kappa shape index (κ1) is 15.7. The summed E-state index contributed by atoms with van der Waals surface area (Å²) in [6, 6.07) is 0. The molecular weight excluding hydrogens is 256 g/mol. The summed E-state index contributed by atoms with van der Waals surface area (Å²) in [7, 11) is 1.67. The van der Waals surface area contributed by atoms with E-state index < -0.39 is 6.10 Å². The molecule has 0 amide bonds. The van der Waals surface area contributed by atoms with Gasteiger partial charge < -0.3 is 14.6 Å². The van der Waals surface area contributed by atoms with E-state index in [0.717, 1.165) is 6.42 Å².